The normalized spacial score (nSPS) is 15.8. The molecule has 3 rings (SSSR count). The van der Waals surface area contributed by atoms with Gasteiger partial charge in [0.05, 0.1) is 23.3 Å². The van der Waals surface area contributed by atoms with Gasteiger partial charge >= 0.3 is 0 Å². The maximum Gasteiger partial charge on any atom is 0.261 e. The molecule has 1 aliphatic carbocycles. The highest BCUT2D eigenvalue weighted by Crippen LogP contribution is 2.18. The van der Waals surface area contributed by atoms with Crippen molar-refractivity contribution in [3.8, 4) is 6.07 Å². The van der Waals surface area contributed by atoms with Gasteiger partial charge in [-0.15, -0.1) is 0 Å². The number of para-hydroxylation sites is 1. The second kappa shape index (κ2) is 8.58. The minimum atomic E-state index is -1.34. The molecule has 0 radical (unpaired) electrons. The molecule has 1 aromatic heterocycles. The lowest BCUT2D eigenvalue weighted by Crippen LogP contribution is -2.42. The van der Waals surface area contributed by atoms with E-state index in [1.807, 2.05) is 6.07 Å². The summed E-state index contributed by atoms with van der Waals surface area (Å²) in [7, 11) is 0. The van der Waals surface area contributed by atoms with Crippen molar-refractivity contribution in [3.05, 3.63) is 40.9 Å². The fraction of sp³-hybridized carbons (Fsp3) is 0.450. The third-order valence-corrected chi connectivity index (χ3v) is 5.00. The molecule has 1 atom stereocenters. The maximum atomic E-state index is 12.4. The van der Waals surface area contributed by atoms with Crippen LogP contribution in [-0.2, 0) is 16.1 Å². The van der Waals surface area contributed by atoms with Gasteiger partial charge in [0.1, 0.15) is 0 Å². The van der Waals surface area contributed by atoms with E-state index in [0.717, 1.165) is 32.1 Å². The number of aromatic nitrogens is 2. The zero-order valence-electron chi connectivity index (χ0n) is 15.1. The molecule has 7 nitrogen and oxygen atoms in total. The Hall–Kier alpha value is -3.01. The van der Waals surface area contributed by atoms with Gasteiger partial charge in [0.15, 0.2) is 11.7 Å². The number of amides is 1. The van der Waals surface area contributed by atoms with Gasteiger partial charge in [-0.2, -0.15) is 5.26 Å². The summed E-state index contributed by atoms with van der Waals surface area (Å²) in [5.74, 6) is -2.35. The Kier molecular flexibility index (Phi) is 5.97. The summed E-state index contributed by atoms with van der Waals surface area (Å²) in [6, 6.07) is 8.82. The van der Waals surface area contributed by atoms with Crippen LogP contribution in [0, 0.1) is 17.2 Å². The van der Waals surface area contributed by atoms with Crippen LogP contribution in [0.2, 0.25) is 0 Å². The van der Waals surface area contributed by atoms with E-state index in [2.05, 4.69) is 10.3 Å². The molecule has 140 valence electrons. The molecule has 2 aromatic rings. The van der Waals surface area contributed by atoms with Crippen molar-refractivity contribution in [2.75, 3.05) is 0 Å². The summed E-state index contributed by atoms with van der Waals surface area (Å²) in [4.78, 5) is 41.3. The first-order chi connectivity index (χ1) is 13.1. The topological polar surface area (TPSA) is 105 Å². The van der Waals surface area contributed by atoms with Crippen LogP contribution < -0.4 is 10.9 Å². The zero-order valence-corrected chi connectivity index (χ0v) is 15.1. The Labute approximate surface area is 157 Å². The molecular formula is C20H22N4O3. The molecule has 1 heterocycles. The van der Waals surface area contributed by atoms with Crippen LogP contribution in [0.5, 0.6) is 0 Å². The Morgan fingerprint density at radius 2 is 2.00 bits per heavy atom. The van der Waals surface area contributed by atoms with E-state index in [0.29, 0.717) is 10.9 Å². The second-order valence-electron chi connectivity index (χ2n) is 6.88. The van der Waals surface area contributed by atoms with Gasteiger partial charge in [0, 0.05) is 19.0 Å². The highest BCUT2D eigenvalue weighted by atomic mass is 16.2. The maximum absolute atomic E-state index is 12.4. The van der Waals surface area contributed by atoms with E-state index in [-0.39, 0.29) is 24.6 Å². The number of benzene rings is 1. The van der Waals surface area contributed by atoms with Gasteiger partial charge in [-0.05, 0) is 25.0 Å². The SMILES string of the molecule is N#CC(C(=O)CCn1cnc2ccccc2c1=O)C(=O)NC1CCCCC1. The molecule has 7 heteroatoms. The largest absolute Gasteiger partial charge is 0.352 e. The van der Waals surface area contributed by atoms with Crippen LogP contribution in [0.25, 0.3) is 10.9 Å². The zero-order chi connectivity index (χ0) is 19.2. The molecule has 1 amide bonds. The second-order valence-corrected chi connectivity index (χ2v) is 6.88. The average Bonchev–Trinajstić information content (AvgIpc) is 2.69. The number of nitrogens with zero attached hydrogens (tertiary/aromatic N) is 3. The molecular weight excluding hydrogens is 344 g/mol. The summed E-state index contributed by atoms with van der Waals surface area (Å²) in [5.41, 5.74) is 0.348. The Morgan fingerprint density at radius 1 is 1.26 bits per heavy atom. The quantitative estimate of drug-likeness (QED) is 0.787. The third kappa shape index (κ3) is 4.40. The highest BCUT2D eigenvalue weighted by molar-refractivity contribution is 6.04. The van der Waals surface area contributed by atoms with Crippen LogP contribution in [-0.4, -0.2) is 27.3 Å². The molecule has 1 aliphatic rings. The van der Waals surface area contributed by atoms with Crippen molar-refractivity contribution in [1.29, 1.82) is 5.26 Å². The molecule has 1 unspecified atom stereocenters. The highest BCUT2D eigenvalue weighted by Gasteiger charge is 2.28. The molecule has 1 N–H and O–H groups in total. The lowest BCUT2D eigenvalue weighted by molar-refractivity contribution is -0.132. The lowest BCUT2D eigenvalue weighted by atomic mass is 9.94. The summed E-state index contributed by atoms with van der Waals surface area (Å²) in [6.07, 6.45) is 6.34. The number of aryl methyl sites for hydroxylation is 1. The standard InChI is InChI=1S/C20H22N4O3/c21-12-16(19(26)23-14-6-2-1-3-7-14)18(25)10-11-24-13-22-17-9-5-4-8-15(17)20(24)27/h4-5,8-9,13-14,16H,1-3,6-7,10-11H2,(H,23,26). The van der Waals surface area contributed by atoms with E-state index in [9.17, 15) is 19.6 Å². The molecule has 0 aliphatic heterocycles. The summed E-state index contributed by atoms with van der Waals surface area (Å²) in [6.45, 7) is 0.0877. The fourth-order valence-electron chi connectivity index (χ4n) is 3.45. The van der Waals surface area contributed by atoms with Crippen molar-refractivity contribution in [3.63, 3.8) is 0 Å². The van der Waals surface area contributed by atoms with Crippen LogP contribution in [0.4, 0.5) is 0 Å². The summed E-state index contributed by atoms with van der Waals surface area (Å²) >= 11 is 0. The monoisotopic (exact) mass is 366 g/mol. The summed E-state index contributed by atoms with van der Waals surface area (Å²) < 4.78 is 1.34. The number of ketones is 1. The van der Waals surface area contributed by atoms with Gasteiger partial charge in [0.2, 0.25) is 5.91 Å². The van der Waals surface area contributed by atoms with Crippen LogP contribution >= 0.6 is 0 Å². The average molecular weight is 366 g/mol. The first-order valence-corrected chi connectivity index (χ1v) is 9.27. The summed E-state index contributed by atoms with van der Waals surface area (Å²) in [5, 5.41) is 12.6. The number of nitriles is 1. The number of hydrogen-bond donors (Lipinski definition) is 1. The first-order valence-electron chi connectivity index (χ1n) is 9.27. The molecule has 27 heavy (non-hydrogen) atoms. The van der Waals surface area contributed by atoms with Crippen molar-refractivity contribution in [2.45, 2.75) is 51.1 Å². The number of nitrogens with one attached hydrogen (secondary N) is 1. The smallest absolute Gasteiger partial charge is 0.261 e. The molecule has 0 spiro atoms. The van der Waals surface area contributed by atoms with E-state index >= 15 is 0 Å². The Balaban J connectivity index is 1.63. The van der Waals surface area contributed by atoms with Crippen molar-refractivity contribution in [2.24, 2.45) is 5.92 Å². The molecule has 1 aromatic carbocycles. The van der Waals surface area contributed by atoms with Gasteiger partial charge in [-0.3, -0.25) is 19.0 Å². The number of Topliss-reactive ketones (excluding diaryl/α,β-unsaturated/α-hetero) is 1. The predicted molar refractivity (Wildman–Crippen MR) is 99.7 cm³/mol. The fourth-order valence-corrected chi connectivity index (χ4v) is 3.45. The Bertz CT molecular complexity index is 938. The first kappa shape index (κ1) is 18.8. The minimum absolute atomic E-state index is 0.0437. The van der Waals surface area contributed by atoms with Crippen LogP contribution in [0.15, 0.2) is 35.4 Å². The van der Waals surface area contributed by atoms with E-state index in [1.165, 1.54) is 10.9 Å². The molecule has 0 saturated heterocycles. The van der Waals surface area contributed by atoms with Gasteiger partial charge in [0.25, 0.3) is 5.56 Å². The number of fused-ring (bicyclic) bond motifs is 1. The van der Waals surface area contributed by atoms with Crippen LogP contribution in [0.1, 0.15) is 38.5 Å². The van der Waals surface area contributed by atoms with Gasteiger partial charge in [-0.25, -0.2) is 4.98 Å². The van der Waals surface area contributed by atoms with Crippen molar-refractivity contribution < 1.29 is 9.59 Å². The molecule has 0 bridgehead atoms. The minimum Gasteiger partial charge on any atom is -0.352 e. The van der Waals surface area contributed by atoms with Crippen molar-refractivity contribution >= 4 is 22.6 Å². The molecule has 1 fully saturated rings. The van der Waals surface area contributed by atoms with Gasteiger partial charge < -0.3 is 5.32 Å². The van der Waals surface area contributed by atoms with Crippen molar-refractivity contribution in [1.82, 2.24) is 14.9 Å². The van der Waals surface area contributed by atoms with E-state index in [4.69, 9.17) is 0 Å². The van der Waals surface area contributed by atoms with E-state index in [1.54, 1.807) is 24.3 Å². The van der Waals surface area contributed by atoms with Gasteiger partial charge in [-0.1, -0.05) is 31.4 Å². The third-order valence-electron chi connectivity index (χ3n) is 5.00. The number of hydrogen-bond acceptors (Lipinski definition) is 5. The van der Waals surface area contributed by atoms with Crippen LogP contribution in [0.3, 0.4) is 0 Å². The van der Waals surface area contributed by atoms with E-state index < -0.39 is 17.6 Å². The number of carbonyl (C=O) groups is 2. The predicted octanol–water partition coefficient (Wildman–Crippen LogP) is 1.94. The Morgan fingerprint density at radius 3 is 2.74 bits per heavy atom. The number of carbonyl (C=O) groups excluding carboxylic acids is 2. The molecule has 1 saturated carbocycles. The number of rotatable bonds is 6. The lowest BCUT2D eigenvalue weighted by Gasteiger charge is -2.23.